The monoisotopic (exact) mass is 179 g/mol. The van der Waals surface area contributed by atoms with E-state index in [-0.39, 0.29) is 0 Å². The van der Waals surface area contributed by atoms with Crippen LogP contribution in [0.2, 0.25) is 0 Å². The molecule has 0 spiro atoms. The first-order valence-corrected chi connectivity index (χ1v) is 5.62. The summed E-state index contributed by atoms with van der Waals surface area (Å²) in [5.41, 5.74) is 0. The molecule has 1 saturated heterocycles. The van der Waals surface area contributed by atoms with Gasteiger partial charge in [-0.3, -0.25) is 9.69 Å². The van der Waals surface area contributed by atoms with Crippen molar-refractivity contribution in [2.75, 3.05) is 6.54 Å². The first-order chi connectivity index (χ1) is 6.34. The summed E-state index contributed by atoms with van der Waals surface area (Å²) in [5.74, 6) is 1.39. The van der Waals surface area contributed by atoms with Gasteiger partial charge < -0.3 is 0 Å². The molecule has 0 radical (unpaired) electrons. The van der Waals surface area contributed by atoms with Crippen molar-refractivity contribution in [3.05, 3.63) is 0 Å². The molecular formula is C11H17NO. The van der Waals surface area contributed by atoms with Crippen LogP contribution < -0.4 is 0 Å². The molecule has 2 heteroatoms. The van der Waals surface area contributed by atoms with E-state index in [1.54, 1.807) is 0 Å². The van der Waals surface area contributed by atoms with Crippen molar-refractivity contribution in [3.8, 4) is 0 Å². The Morgan fingerprint density at radius 3 is 2.54 bits per heavy atom. The second-order valence-electron chi connectivity index (χ2n) is 4.87. The van der Waals surface area contributed by atoms with Crippen molar-refractivity contribution < 1.29 is 4.79 Å². The molecule has 1 unspecified atom stereocenters. The van der Waals surface area contributed by atoms with Crippen LogP contribution >= 0.6 is 0 Å². The van der Waals surface area contributed by atoms with E-state index >= 15 is 0 Å². The molecule has 0 N–H and O–H groups in total. The highest BCUT2D eigenvalue weighted by Gasteiger charge is 2.43. The first kappa shape index (κ1) is 7.98. The van der Waals surface area contributed by atoms with E-state index in [0.717, 1.165) is 31.3 Å². The van der Waals surface area contributed by atoms with E-state index in [9.17, 15) is 4.79 Å². The minimum absolute atomic E-state index is 0.508. The van der Waals surface area contributed by atoms with E-state index in [2.05, 4.69) is 4.90 Å². The molecule has 3 aliphatic rings. The summed E-state index contributed by atoms with van der Waals surface area (Å²) >= 11 is 0. The fourth-order valence-electron chi connectivity index (χ4n) is 2.65. The Hall–Kier alpha value is -0.370. The standard InChI is InChI=1S/C11H17NO/c13-10-5-6-12(9-3-4-9)11(7-10)8-1-2-8/h8-9,11H,1-7H2. The third-order valence-corrected chi connectivity index (χ3v) is 3.69. The number of likely N-dealkylation sites (tertiary alicyclic amines) is 1. The first-order valence-electron chi connectivity index (χ1n) is 5.62. The molecule has 0 aromatic rings. The number of rotatable bonds is 2. The summed E-state index contributed by atoms with van der Waals surface area (Å²) in [7, 11) is 0. The van der Waals surface area contributed by atoms with E-state index in [1.807, 2.05) is 0 Å². The van der Waals surface area contributed by atoms with Gasteiger partial charge in [0.25, 0.3) is 0 Å². The zero-order valence-electron chi connectivity index (χ0n) is 8.04. The van der Waals surface area contributed by atoms with Gasteiger partial charge in [0.05, 0.1) is 0 Å². The number of ketones is 1. The van der Waals surface area contributed by atoms with Gasteiger partial charge in [-0.15, -0.1) is 0 Å². The Balaban J connectivity index is 1.72. The van der Waals surface area contributed by atoms with Gasteiger partial charge in [-0.2, -0.15) is 0 Å². The van der Waals surface area contributed by atoms with Crippen LogP contribution in [0, 0.1) is 5.92 Å². The number of hydrogen-bond acceptors (Lipinski definition) is 2. The Morgan fingerprint density at radius 1 is 1.15 bits per heavy atom. The maximum absolute atomic E-state index is 11.4. The molecule has 0 aromatic carbocycles. The predicted octanol–water partition coefficient (Wildman–Crippen LogP) is 1.59. The minimum Gasteiger partial charge on any atom is -0.300 e. The second kappa shape index (κ2) is 2.81. The predicted molar refractivity (Wildman–Crippen MR) is 50.5 cm³/mol. The van der Waals surface area contributed by atoms with Crippen molar-refractivity contribution in [2.45, 2.75) is 50.6 Å². The van der Waals surface area contributed by atoms with Gasteiger partial charge in [0.1, 0.15) is 5.78 Å². The van der Waals surface area contributed by atoms with Gasteiger partial charge in [0.2, 0.25) is 0 Å². The molecule has 1 atom stereocenters. The van der Waals surface area contributed by atoms with Gasteiger partial charge >= 0.3 is 0 Å². The smallest absolute Gasteiger partial charge is 0.135 e. The van der Waals surface area contributed by atoms with Crippen molar-refractivity contribution in [1.29, 1.82) is 0 Å². The quantitative estimate of drug-likeness (QED) is 0.641. The highest BCUT2D eigenvalue weighted by molar-refractivity contribution is 5.80. The number of piperidine rings is 1. The highest BCUT2D eigenvalue weighted by Crippen LogP contribution is 2.42. The summed E-state index contributed by atoms with van der Waals surface area (Å²) in [4.78, 5) is 14.0. The largest absolute Gasteiger partial charge is 0.300 e. The molecule has 3 fully saturated rings. The Bertz CT molecular complexity index is 230. The maximum atomic E-state index is 11.4. The van der Waals surface area contributed by atoms with Crippen molar-refractivity contribution in [3.63, 3.8) is 0 Å². The van der Waals surface area contributed by atoms with Gasteiger partial charge in [0, 0.05) is 31.5 Å². The zero-order chi connectivity index (χ0) is 8.84. The number of carbonyl (C=O) groups is 1. The van der Waals surface area contributed by atoms with Crippen LogP contribution in [0.4, 0.5) is 0 Å². The van der Waals surface area contributed by atoms with Crippen LogP contribution in [-0.4, -0.2) is 29.3 Å². The van der Waals surface area contributed by atoms with Crippen molar-refractivity contribution >= 4 is 5.78 Å². The molecule has 2 nitrogen and oxygen atoms in total. The summed E-state index contributed by atoms with van der Waals surface area (Å²) in [5, 5.41) is 0. The molecule has 0 bridgehead atoms. The van der Waals surface area contributed by atoms with Crippen molar-refractivity contribution in [1.82, 2.24) is 4.90 Å². The minimum atomic E-state index is 0.508. The van der Waals surface area contributed by atoms with Gasteiger partial charge in [-0.05, 0) is 31.6 Å². The Labute approximate surface area is 79.3 Å². The number of carbonyl (C=O) groups excluding carboxylic acids is 1. The van der Waals surface area contributed by atoms with E-state index in [0.29, 0.717) is 11.8 Å². The average Bonchev–Trinajstić information content (AvgIpc) is 3.00. The molecule has 2 aliphatic carbocycles. The lowest BCUT2D eigenvalue weighted by molar-refractivity contribution is -0.123. The molecule has 1 aliphatic heterocycles. The molecule has 1 heterocycles. The lowest BCUT2D eigenvalue weighted by Crippen LogP contribution is -2.45. The number of nitrogens with zero attached hydrogens (tertiary/aromatic N) is 1. The van der Waals surface area contributed by atoms with Gasteiger partial charge in [-0.1, -0.05) is 0 Å². The fraction of sp³-hybridized carbons (Fsp3) is 0.909. The van der Waals surface area contributed by atoms with E-state index in [1.165, 1.54) is 25.7 Å². The average molecular weight is 179 g/mol. The van der Waals surface area contributed by atoms with Crippen LogP contribution in [0.3, 0.4) is 0 Å². The molecule has 13 heavy (non-hydrogen) atoms. The summed E-state index contributed by atoms with van der Waals surface area (Å²) < 4.78 is 0. The van der Waals surface area contributed by atoms with Crippen LogP contribution in [0.15, 0.2) is 0 Å². The van der Waals surface area contributed by atoms with Crippen LogP contribution in [-0.2, 0) is 4.79 Å². The fourth-order valence-corrected chi connectivity index (χ4v) is 2.65. The third kappa shape index (κ3) is 1.52. The molecule has 0 aromatic heterocycles. The highest BCUT2D eigenvalue weighted by atomic mass is 16.1. The van der Waals surface area contributed by atoms with Crippen LogP contribution in [0.1, 0.15) is 38.5 Å². The van der Waals surface area contributed by atoms with E-state index < -0.39 is 0 Å². The molecule has 3 rings (SSSR count). The Morgan fingerprint density at radius 2 is 1.92 bits per heavy atom. The molecule has 72 valence electrons. The molecule has 2 saturated carbocycles. The molecule has 0 amide bonds. The summed E-state index contributed by atoms with van der Waals surface area (Å²) in [6.07, 6.45) is 7.21. The number of hydrogen-bond donors (Lipinski definition) is 0. The Kier molecular flexibility index (Phi) is 1.72. The second-order valence-corrected chi connectivity index (χ2v) is 4.87. The normalized spacial score (nSPS) is 36.6. The van der Waals surface area contributed by atoms with E-state index in [4.69, 9.17) is 0 Å². The molecular weight excluding hydrogens is 162 g/mol. The topological polar surface area (TPSA) is 20.3 Å². The zero-order valence-corrected chi connectivity index (χ0v) is 8.04. The van der Waals surface area contributed by atoms with Crippen LogP contribution in [0.25, 0.3) is 0 Å². The van der Waals surface area contributed by atoms with Gasteiger partial charge in [-0.25, -0.2) is 0 Å². The van der Waals surface area contributed by atoms with Crippen LogP contribution in [0.5, 0.6) is 0 Å². The lowest BCUT2D eigenvalue weighted by atomic mass is 9.97. The SMILES string of the molecule is O=C1CCN(C2CC2)C(C2CC2)C1. The summed E-state index contributed by atoms with van der Waals surface area (Å²) in [6.45, 7) is 1.06. The number of Topliss-reactive ketones (excluding diaryl/α,β-unsaturated/α-hetero) is 1. The van der Waals surface area contributed by atoms with Crippen molar-refractivity contribution in [2.24, 2.45) is 5.92 Å². The third-order valence-electron chi connectivity index (χ3n) is 3.69. The van der Waals surface area contributed by atoms with Gasteiger partial charge in [0.15, 0.2) is 0 Å². The summed E-state index contributed by atoms with van der Waals surface area (Å²) in [6, 6.07) is 1.51. The lowest BCUT2D eigenvalue weighted by Gasteiger charge is -2.35. The maximum Gasteiger partial charge on any atom is 0.135 e.